The van der Waals surface area contributed by atoms with Crippen molar-refractivity contribution in [2.45, 2.75) is 244 Å². The smallest absolute Gasteiger partial charge is 0.268 e. The Morgan fingerprint density at radius 1 is 0.514 bits per heavy atom. The third-order valence-corrected chi connectivity index (χ3v) is 13.2. The SMILES string of the molecule is CC/C=C\C/C=C\C/C=C\C/C=C\C/C=C\C/C=C\CCCCCCCCCCCCCCCCCCC(=O)NC(COP(=O)([O-])OCC[N+](C)(C)C)C(O)/C=C/CC/C=C/CCCCCCCCC. The molecule has 1 amide bonds. The number of nitrogens with zero attached hydrogens (tertiary/aromatic N) is 1. The van der Waals surface area contributed by atoms with Gasteiger partial charge < -0.3 is 28.8 Å². The molecule has 0 rings (SSSR count). The molecule has 0 heterocycles. The van der Waals surface area contributed by atoms with Crippen LogP contribution in [-0.2, 0) is 18.4 Å². The highest BCUT2D eigenvalue weighted by atomic mass is 31.2. The third kappa shape index (κ3) is 53.2. The number of unbranched alkanes of at least 4 members (excludes halogenated alkanes) is 24. The Balaban J connectivity index is 4.06. The van der Waals surface area contributed by atoms with E-state index in [4.69, 9.17) is 9.05 Å². The highest BCUT2D eigenvalue weighted by Gasteiger charge is 2.23. The van der Waals surface area contributed by atoms with Crippen LogP contribution in [0.25, 0.3) is 0 Å². The second-order valence-electron chi connectivity index (χ2n) is 20.3. The van der Waals surface area contributed by atoms with Crippen LogP contribution in [0.5, 0.6) is 0 Å². The fraction of sp³-hybridized carbons (Fsp3) is 0.721. The number of likely N-dealkylation sites (N-methyl/N-ethyl adjacent to an activating group) is 1. The number of aliphatic hydroxyl groups excluding tert-OH is 1. The summed E-state index contributed by atoms with van der Waals surface area (Å²) >= 11 is 0. The molecule has 0 spiro atoms. The number of hydrogen-bond acceptors (Lipinski definition) is 6. The van der Waals surface area contributed by atoms with Crippen molar-refractivity contribution in [2.24, 2.45) is 0 Å². The molecule has 0 bridgehead atoms. The fourth-order valence-electron chi connectivity index (χ4n) is 7.82. The first-order valence-corrected chi connectivity index (χ1v) is 30.1. The molecular formula is C61H109N2O6P. The fourth-order valence-corrected chi connectivity index (χ4v) is 8.54. The molecular weight excluding hydrogens is 888 g/mol. The van der Waals surface area contributed by atoms with Gasteiger partial charge >= 0.3 is 0 Å². The minimum atomic E-state index is -4.60. The molecule has 0 aliphatic heterocycles. The van der Waals surface area contributed by atoms with Crippen LogP contribution in [0.1, 0.15) is 232 Å². The molecule has 0 saturated heterocycles. The van der Waals surface area contributed by atoms with Crippen LogP contribution in [0, 0.1) is 0 Å². The lowest BCUT2D eigenvalue weighted by atomic mass is 10.0. The lowest BCUT2D eigenvalue weighted by molar-refractivity contribution is -0.870. The molecule has 0 aromatic heterocycles. The number of carbonyl (C=O) groups is 1. The number of rotatable bonds is 51. The Kier molecular flexibility index (Phi) is 49.4. The Hall–Kier alpha value is -2.58. The molecule has 0 radical (unpaired) electrons. The van der Waals surface area contributed by atoms with Gasteiger partial charge in [-0.15, -0.1) is 0 Å². The topological polar surface area (TPSA) is 108 Å². The molecule has 404 valence electrons. The van der Waals surface area contributed by atoms with Crippen molar-refractivity contribution < 1.29 is 32.9 Å². The van der Waals surface area contributed by atoms with Gasteiger partial charge in [-0.2, -0.15) is 0 Å². The lowest BCUT2D eigenvalue weighted by Gasteiger charge is -2.29. The lowest BCUT2D eigenvalue weighted by Crippen LogP contribution is -2.45. The normalized spacial score (nSPS) is 14.7. The third-order valence-electron chi connectivity index (χ3n) is 12.3. The summed E-state index contributed by atoms with van der Waals surface area (Å²) in [6.45, 7) is 4.50. The van der Waals surface area contributed by atoms with Crippen molar-refractivity contribution in [2.75, 3.05) is 40.9 Å². The summed E-state index contributed by atoms with van der Waals surface area (Å²) in [5, 5.41) is 13.8. The molecule has 0 aliphatic rings. The van der Waals surface area contributed by atoms with Gasteiger partial charge in [0.2, 0.25) is 5.91 Å². The van der Waals surface area contributed by atoms with E-state index in [1.165, 1.54) is 135 Å². The van der Waals surface area contributed by atoms with E-state index in [0.717, 1.165) is 77.0 Å². The summed E-state index contributed by atoms with van der Waals surface area (Å²) in [6, 6.07) is -0.906. The number of phosphoric ester groups is 1. The van der Waals surface area contributed by atoms with Gasteiger partial charge in [0.1, 0.15) is 13.2 Å². The summed E-state index contributed by atoms with van der Waals surface area (Å²) in [6.07, 6.45) is 73.5. The minimum Gasteiger partial charge on any atom is -0.756 e. The van der Waals surface area contributed by atoms with E-state index in [1.54, 1.807) is 6.08 Å². The number of amides is 1. The largest absolute Gasteiger partial charge is 0.756 e. The van der Waals surface area contributed by atoms with E-state index in [2.05, 4.69) is 104 Å². The van der Waals surface area contributed by atoms with Crippen LogP contribution in [-0.4, -0.2) is 68.5 Å². The van der Waals surface area contributed by atoms with Crippen molar-refractivity contribution in [1.82, 2.24) is 5.32 Å². The monoisotopic (exact) mass is 997 g/mol. The maximum Gasteiger partial charge on any atom is 0.268 e. The molecule has 3 atom stereocenters. The predicted molar refractivity (Wildman–Crippen MR) is 302 cm³/mol. The quantitative estimate of drug-likeness (QED) is 0.0272. The van der Waals surface area contributed by atoms with Gasteiger partial charge in [0, 0.05) is 6.42 Å². The van der Waals surface area contributed by atoms with E-state index in [9.17, 15) is 19.4 Å². The van der Waals surface area contributed by atoms with Gasteiger partial charge in [0.05, 0.1) is 39.9 Å². The van der Waals surface area contributed by atoms with Crippen LogP contribution >= 0.6 is 7.82 Å². The highest BCUT2D eigenvalue weighted by Crippen LogP contribution is 2.38. The summed E-state index contributed by atoms with van der Waals surface area (Å²) in [5.74, 6) is -0.210. The van der Waals surface area contributed by atoms with Crippen molar-refractivity contribution in [3.8, 4) is 0 Å². The Morgan fingerprint density at radius 2 is 0.886 bits per heavy atom. The van der Waals surface area contributed by atoms with E-state index >= 15 is 0 Å². The van der Waals surface area contributed by atoms with Gasteiger partial charge in [-0.3, -0.25) is 9.36 Å². The van der Waals surface area contributed by atoms with Crippen molar-refractivity contribution in [3.63, 3.8) is 0 Å². The second kappa shape index (κ2) is 51.3. The zero-order valence-corrected chi connectivity index (χ0v) is 46.8. The van der Waals surface area contributed by atoms with Crippen LogP contribution in [0.15, 0.2) is 97.2 Å². The molecule has 0 aliphatic carbocycles. The zero-order chi connectivity index (χ0) is 51.3. The first-order chi connectivity index (χ1) is 34.0. The van der Waals surface area contributed by atoms with Gasteiger partial charge in [-0.25, -0.2) is 0 Å². The Morgan fingerprint density at radius 3 is 1.33 bits per heavy atom. The second-order valence-corrected chi connectivity index (χ2v) is 21.7. The van der Waals surface area contributed by atoms with Crippen LogP contribution in [0.4, 0.5) is 0 Å². The van der Waals surface area contributed by atoms with Crippen LogP contribution in [0.3, 0.4) is 0 Å². The highest BCUT2D eigenvalue weighted by molar-refractivity contribution is 7.45. The molecule has 70 heavy (non-hydrogen) atoms. The van der Waals surface area contributed by atoms with Crippen molar-refractivity contribution >= 4 is 13.7 Å². The maximum atomic E-state index is 12.9. The Bertz CT molecular complexity index is 1460. The number of allylic oxidation sites excluding steroid dienone is 15. The number of phosphoric acid groups is 1. The first-order valence-electron chi connectivity index (χ1n) is 28.6. The summed E-state index contributed by atoms with van der Waals surface area (Å²) in [4.78, 5) is 25.4. The summed E-state index contributed by atoms with van der Waals surface area (Å²) < 4.78 is 23.3. The molecule has 8 nitrogen and oxygen atoms in total. The number of carbonyl (C=O) groups excluding carboxylic acids is 1. The van der Waals surface area contributed by atoms with Gasteiger partial charge in [0.25, 0.3) is 7.82 Å². The minimum absolute atomic E-state index is 0.00922. The average molecular weight is 998 g/mol. The van der Waals surface area contributed by atoms with Gasteiger partial charge in [-0.05, 0) is 83.5 Å². The molecule has 9 heteroatoms. The maximum absolute atomic E-state index is 12.9. The molecule has 3 unspecified atom stereocenters. The molecule has 2 N–H and O–H groups in total. The number of aliphatic hydroxyl groups is 1. The van der Waals surface area contributed by atoms with Crippen molar-refractivity contribution in [3.05, 3.63) is 97.2 Å². The van der Waals surface area contributed by atoms with Crippen LogP contribution < -0.4 is 10.2 Å². The predicted octanol–water partition coefficient (Wildman–Crippen LogP) is 16.8. The molecule has 0 fully saturated rings. The zero-order valence-electron chi connectivity index (χ0n) is 45.9. The first kappa shape index (κ1) is 67.4. The van der Waals surface area contributed by atoms with E-state index < -0.39 is 26.6 Å². The standard InChI is InChI=1S/C61H109N2O6P/c1-6-8-10-12-14-16-18-20-21-22-23-24-25-26-27-28-29-30-31-32-33-34-35-36-37-38-39-40-41-43-45-47-49-51-53-55-61(65)62-59(58-69-70(66,67)68-57-56-63(3,4)5)60(64)54-52-50-48-46-44-42-19-17-15-13-11-9-7-2/h8,10,14,16,20-21,23-24,26-27,29-30,44,46,52,54,59-60,64H,6-7,9,11-13,15,17-19,22,25,28,31-43,45,47-51,53,55-58H2,1-5H3,(H-,62,65,66,67)/b10-8-,16-14-,21-20-,24-23-,27-26-,30-29-,46-44+,54-52+. The summed E-state index contributed by atoms with van der Waals surface area (Å²) in [5.41, 5.74) is 0. The van der Waals surface area contributed by atoms with Crippen molar-refractivity contribution in [1.29, 1.82) is 0 Å². The molecule has 0 aromatic rings. The van der Waals surface area contributed by atoms with Crippen LogP contribution in [0.2, 0.25) is 0 Å². The van der Waals surface area contributed by atoms with E-state index in [1.807, 2.05) is 27.2 Å². The average Bonchev–Trinajstić information content (AvgIpc) is 3.32. The number of nitrogens with one attached hydrogen (secondary N) is 1. The van der Waals surface area contributed by atoms with Gasteiger partial charge in [0.15, 0.2) is 0 Å². The Labute approximate surface area is 432 Å². The summed E-state index contributed by atoms with van der Waals surface area (Å²) in [7, 11) is 1.24. The molecule has 0 saturated carbocycles. The number of quaternary nitrogens is 1. The van der Waals surface area contributed by atoms with E-state index in [-0.39, 0.29) is 12.5 Å². The number of hydrogen-bond donors (Lipinski definition) is 2. The van der Waals surface area contributed by atoms with E-state index in [0.29, 0.717) is 17.4 Å². The molecule has 0 aromatic carbocycles. The van der Waals surface area contributed by atoms with Gasteiger partial charge in [-0.1, -0.05) is 239 Å².